The van der Waals surface area contributed by atoms with Crippen molar-refractivity contribution in [1.82, 2.24) is 21.3 Å². The molecule has 0 fully saturated rings. The Morgan fingerprint density at radius 3 is 1.64 bits per heavy atom. The summed E-state index contributed by atoms with van der Waals surface area (Å²) in [5.41, 5.74) is 3.08. The van der Waals surface area contributed by atoms with Gasteiger partial charge in [-0.25, -0.2) is 0 Å². The van der Waals surface area contributed by atoms with E-state index in [1.54, 1.807) is 0 Å². The molecule has 350 valence electrons. The van der Waals surface area contributed by atoms with Crippen molar-refractivity contribution in [3.8, 4) is 0 Å². The van der Waals surface area contributed by atoms with Gasteiger partial charge in [0.15, 0.2) is 0 Å². The maximum Gasteiger partial charge on any atom is 0.220 e. The summed E-state index contributed by atoms with van der Waals surface area (Å²) in [6.07, 6.45) is 12.4. The average molecular weight is 840 g/mol. The topological polar surface area (TPSA) is 164 Å². The highest BCUT2D eigenvalue weighted by Gasteiger charge is 2.38. The zero-order chi connectivity index (χ0) is 45.6. The maximum atomic E-state index is 12.9. The Hall–Kier alpha value is -1.63. The van der Waals surface area contributed by atoms with E-state index in [1.165, 1.54) is 0 Å². The Bertz CT molecular complexity index is 1190. The summed E-state index contributed by atoms with van der Waals surface area (Å²) < 4.78 is 12.4. The summed E-state index contributed by atoms with van der Waals surface area (Å²) in [5, 5.41) is 24.8. The van der Waals surface area contributed by atoms with E-state index in [2.05, 4.69) is 76.7 Å². The van der Waals surface area contributed by atoms with Crippen molar-refractivity contribution in [3.05, 3.63) is 0 Å². The predicted octanol–water partition coefficient (Wildman–Crippen LogP) is 8.53. The van der Waals surface area contributed by atoms with E-state index in [4.69, 9.17) is 15.2 Å². The van der Waals surface area contributed by atoms with Crippen molar-refractivity contribution in [1.29, 1.82) is 0 Å². The van der Waals surface area contributed by atoms with Crippen LogP contribution < -0.4 is 27.0 Å². The quantitative estimate of drug-likeness (QED) is 0.0340. The minimum atomic E-state index is -0.920. The third kappa shape index (κ3) is 26.5. The molecule has 1 atom stereocenters. The number of hydrogen-bond acceptors (Lipinski definition) is 9. The summed E-state index contributed by atoms with van der Waals surface area (Å²) in [7, 11) is 0. The van der Waals surface area contributed by atoms with Crippen molar-refractivity contribution in [2.75, 3.05) is 39.4 Å². The summed E-state index contributed by atoms with van der Waals surface area (Å²) >= 11 is 0. The van der Waals surface area contributed by atoms with E-state index in [0.717, 1.165) is 77.3 Å². The van der Waals surface area contributed by atoms with Crippen LogP contribution in [0.25, 0.3) is 0 Å². The average Bonchev–Trinajstić information content (AvgIpc) is 3.08. The van der Waals surface area contributed by atoms with Crippen LogP contribution in [0, 0.1) is 11.3 Å². The van der Waals surface area contributed by atoms with Crippen molar-refractivity contribution >= 4 is 17.6 Å². The lowest BCUT2D eigenvalue weighted by Gasteiger charge is -2.41. The molecule has 0 bridgehead atoms. The fourth-order valence-corrected chi connectivity index (χ4v) is 6.74. The molecule has 0 heterocycles. The van der Waals surface area contributed by atoms with Gasteiger partial charge in [0.1, 0.15) is 5.78 Å². The van der Waals surface area contributed by atoms with Crippen LogP contribution in [-0.4, -0.2) is 95.5 Å². The second-order valence-corrected chi connectivity index (χ2v) is 21.6. The molecule has 0 aliphatic rings. The molecule has 0 radical (unpaired) electrons. The zero-order valence-electron chi connectivity index (χ0n) is 41.2. The molecular formula is C48H97N5O6. The first kappa shape index (κ1) is 57.4. The summed E-state index contributed by atoms with van der Waals surface area (Å²) in [5.74, 6) is 0.690. The highest BCUT2D eigenvalue weighted by Crippen LogP contribution is 2.30. The van der Waals surface area contributed by atoms with Crippen LogP contribution >= 0.6 is 0 Å². The minimum Gasteiger partial charge on any atom is -0.388 e. The number of amides is 2. The Morgan fingerprint density at radius 1 is 0.559 bits per heavy atom. The predicted molar refractivity (Wildman–Crippen MR) is 247 cm³/mol. The van der Waals surface area contributed by atoms with Crippen LogP contribution in [0.5, 0.6) is 0 Å². The minimum absolute atomic E-state index is 0.0297. The second kappa shape index (κ2) is 26.8. The Kier molecular flexibility index (Phi) is 26.0. The number of aliphatic hydroxyl groups is 1. The van der Waals surface area contributed by atoms with E-state index < -0.39 is 11.1 Å². The summed E-state index contributed by atoms with van der Waals surface area (Å²) in [6.45, 7) is 35.3. The van der Waals surface area contributed by atoms with E-state index >= 15 is 0 Å². The van der Waals surface area contributed by atoms with Gasteiger partial charge in [-0.1, -0.05) is 47.0 Å². The van der Waals surface area contributed by atoms with Crippen molar-refractivity contribution in [3.63, 3.8) is 0 Å². The molecule has 0 aliphatic carbocycles. The Labute approximate surface area is 363 Å². The van der Waals surface area contributed by atoms with Gasteiger partial charge < -0.3 is 41.6 Å². The number of nitrogens with two attached hydrogens (primary N) is 1. The maximum absolute atomic E-state index is 12.9. The van der Waals surface area contributed by atoms with Gasteiger partial charge >= 0.3 is 0 Å². The number of unbranched alkanes of at least 4 members (excludes halogenated alkanes) is 5. The van der Waals surface area contributed by atoms with Crippen LogP contribution in [0.3, 0.4) is 0 Å². The van der Waals surface area contributed by atoms with Crippen LogP contribution in [0.4, 0.5) is 0 Å². The number of nitrogens with one attached hydrogen (secondary N) is 4. The zero-order valence-corrected chi connectivity index (χ0v) is 41.2. The molecule has 0 aliphatic heterocycles. The fourth-order valence-electron chi connectivity index (χ4n) is 6.74. The molecule has 11 nitrogen and oxygen atoms in total. The molecule has 11 heteroatoms. The van der Waals surface area contributed by atoms with Gasteiger partial charge in [0.05, 0.1) is 16.8 Å². The van der Waals surface area contributed by atoms with Crippen molar-refractivity contribution in [2.24, 2.45) is 17.1 Å². The molecule has 0 aromatic heterocycles. The smallest absolute Gasteiger partial charge is 0.220 e. The van der Waals surface area contributed by atoms with E-state index in [1.807, 2.05) is 48.5 Å². The van der Waals surface area contributed by atoms with Crippen LogP contribution in [0.1, 0.15) is 207 Å². The van der Waals surface area contributed by atoms with E-state index in [0.29, 0.717) is 70.7 Å². The van der Waals surface area contributed by atoms with Gasteiger partial charge in [0.2, 0.25) is 11.8 Å². The summed E-state index contributed by atoms with van der Waals surface area (Å²) in [6, 6.07) is 0. The molecule has 0 spiro atoms. The summed E-state index contributed by atoms with van der Waals surface area (Å²) in [4.78, 5) is 37.5. The van der Waals surface area contributed by atoms with Crippen LogP contribution in [0.15, 0.2) is 0 Å². The van der Waals surface area contributed by atoms with Crippen LogP contribution in [0.2, 0.25) is 0 Å². The molecule has 7 N–H and O–H groups in total. The number of ether oxygens (including phenoxy) is 2. The van der Waals surface area contributed by atoms with Gasteiger partial charge in [-0.15, -0.1) is 0 Å². The van der Waals surface area contributed by atoms with Gasteiger partial charge in [-0.2, -0.15) is 0 Å². The molecule has 0 aromatic carbocycles. The first-order valence-electron chi connectivity index (χ1n) is 23.3. The molecule has 0 aromatic rings. The third-order valence-electron chi connectivity index (χ3n) is 12.9. The number of carbonyl (C=O) groups is 3. The number of ketones is 1. The van der Waals surface area contributed by atoms with Gasteiger partial charge in [-0.3, -0.25) is 14.4 Å². The first-order valence-corrected chi connectivity index (χ1v) is 23.3. The monoisotopic (exact) mass is 840 g/mol. The number of hydrogen-bond donors (Lipinski definition) is 6. The molecule has 0 rings (SSSR count). The highest BCUT2D eigenvalue weighted by atomic mass is 16.5. The molecule has 59 heavy (non-hydrogen) atoms. The normalized spacial score (nSPS) is 14.4. The molecule has 0 saturated heterocycles. The molecule has 2 amide bonds. The largest absolute Gasteiger partial charge is 0.388 e. The lowest BCUT2D eigenvalue weighted by atomic mass is 9.76. The fraction of sp³-hybridized carbons (Fsp3) is 0.938. The lowest BCUT2D eigenvalue weighted by molar-refractivity contribution is -0.129. The van der Waals surface area contributed by atoms with Gasteiger partial charge in [0.25, 0.3) is 0 Å². The van der Waals surface area contributed by atoms with Crippen LogP contribution in [-0.2, 0) is 23.9 Å². The van der Waals surface area contributed by atoms with E-state index in [9.17, 15) is 19.5 Å². The number of rotatable bonds is 36. The number of Topliss-reactive ketones (excluding diaryl/α,β-unsaturated/α-hetero) is 1. The molecule has 0 saturated carbocycles. The standard InChI is InChI=1S/C48H97N5O6/c1-38(2)46(11,12)39(54)24-18-19-25-40(55)50-33-22-16-17-23-34-52-47(13,14)48(15,57)27-21-20-26-41(56)53-43(5,6)31-37-59-45(9,10)29-35-51-42(3,4)30-36-58-44(7,8)28-32-49/h38,51-52,57H,16-37,49H2,1-15H3,(H,50,55)(H,53,56). The molecular weight excluding hydrogens is 743 g/mol. The van der Waals surface area contributed by atoms with Crippen molar-refractivity contribution < 1.29 is 29.0 Å². The SMILES string of the molecule is CC(C)C(C)(C)C(=O)CCCCC(=O)NCCCCCCNC(C)(C)C(C)(O)CCCCC(=O)NC(C)(C)CCOC(C)(C)CCNC(C)(C)CCOC(C)(C)CCN. The Morgan fingerprint density at radius 2 is 1.07 bits per heavy atom. The Balaban J connectivity index is 4.25. The highest BCUT2D eigenvalue weighted by molar-refractivity contribution is 5.84. The number of carbonyl (C=O) groups excluding carboxylic acids is 3. The van der Waals surface area contributed by atoms with Gasteiger partial charge in [0, 0.05) is 61.1 Å². The molecule has 1 unspecified atom stereocenters. The lowest BCUT2D eigenvalue weighted by Crippen LogP contribution is -2.57. The van der Waals surface area contributed by atoms with Crippen molar-refractivity contribution in [2.45, 2.75) is 240 Å². The van der Waals surface area contributed by atoms with E-state index in [-0.39, 0.29) is 45.3 Å². The first-order chi connectivity index (χ1) is 27.0. The second-order valence-electron chi connectivity index (χ2n) is 21.6. The van der Waals surface area contributed by atoms with Gasteiger partial charge in [-0.05, 0) is 166 Å². The third-order valence-corrected chi connectivity index (χ3v) is 12.9.